The van der Waals surface area contributed by atoms with Crippen molar-refractivity contribution in [2.45, 2.75) is 25.9 Å². The summed E-state index contributed by atoms with van der Waals surface area (Å²) >= 11 is 0. The lowest BCUT2D eigenvalue weighted by atomic mass is 10.2. The highest BCUT2D eigenvalue weighted by Crippen LogP contribution is 2.23. The molecule has 0 aromatic carbocycles. The van der Waals surface area contributed by atoms with Gasteiger partial charge in [0.25, 0.3) is 0 Å². The molecule has 10 nitrogen and oxygen atoms in total. The number of carbonyl (C=O) groups excluding carboxylic acids is 1. The maximum atomic E-state index is 12.4. The number of aromatic nitrogens is 4. The Hall–Kier alpha value is -2.75. The zero-order valence-electron chi connectivity index (χ0n) is 14.3. The first kappa shape index (κ1) is 17.1. The second kappa shape index (κ2) is 7.43. The third kappa shape index (κ3) is 4.02. The van der Waals surface area contributed by atoms with E-state index in [-0.39, 0.29) is 11.9 Å². The van der Waals surface area contributed by atoms with Crippen LogP contribution in [0.1, 0.15) is 37.7 Å². The molecule has 3 heterocycles. The average Bonchev–Trinajstić information content (AvgIpc) is 3.12. The molecule has 1 aliphatic rings. The summed E-state index contributed by atoms with van der Waals surface area (Å²) in [5, 5.41) is 10.7. The quantitative estimate of drug-likeness (QED) is 0.886. The fourth-order valence-corrected chi connectivity index (χ4v) is 2.30. The molecule has 0 aliphatic carbocycles. The van der Waals surface area contributed by atoms with Crippen molar-refractivity contribution in [1.29, 1.82) is 0 Å². The van der Waals surface area contributed by atoms with E-state index in [1.54, 1.807) is 11.0 Å². The fraction of sp³-hybridized carbons (Fsp3) is 0.533. The Bertz CT molecular complexity index is 734. The minimum absolute atomic E-state index is 0.136. The van der Waals surface area contributed by atoms with Gasteiger partial charge in [-0.15, -0.1) is 10.2 Å². The fourth-order valence-electron chi connectivity index (χ4n) is 2.30. The van der Waals surface area contributed by atoms with E-state index in [9.17, 15) is 4.79 Å². The first-order valence-electron chi connectivity index (χ1n) is 7.93. The molecule has 1 saturated heterocycles. The number of amides is 2. The van der Waals surface area contributed by atoms with E-state index >= 15 is 0 Å². The van der Waals surface area contributed by atoms with E-state index in [0.717, 1.165) is 0 Å². The summed E-state index contributed by atoms with van der Waals surface area (Å²) in [4.78, 5) is 22.0. The molecule has 1 N–H and O–H groups in total. The van der Waals surface area contributed by atoms with Gasteiger partial charge in [-0.05, 0) is 0 Å². The maximum Gasteiger partial charge on any atom is 0.323 e. The van der Waals surface area contributed by atoms with E-state index in [1.165, 1.54) is 13.4 Å². The van der Waals surface area contributed by atoms with E-state index < -0.39 is 6.10 Å². The predicted molar refractivity (Wildman–Crippen MR) is 86.3 cm³/mol. The Balaban J connectivity index is 1.64. The van der Waals surface area contributed by atoms with Crippen LogP contribution >= 0.6 is 0 Å². The van der Waals surface area contributed by atoms with Crippen molar-refractivity contribution in [2.24, 2.45) is 0 Å². The minimum atomic E-state index is -0.445. The lowest BCUT2D eigenvalue weighted by Crippen LogP contribution is -2.44. The molecule has 0 bridgehead atoms. The van der Waals surface area contributed by atoms with Crippen LogP contribution in [-0.4, -0.2) is 57.9 Å². The minimum Gasteiger partial charge on any atom is -0.481 e. The Labute approximate surface area is 144 Å². The van der Waals surface area contributed by atoms with Gasteiger partial charge >= 0.3 is 6.03 Å². The summed E-state index contributed by atoms with van der Waals surface area (Å²) in [5.41, 5.74) is 0. The lowest BCUT2D eigenvalue weighted by molar-refractivity contribution is -0.0276. The highest BCUT2D eigenvalue weighted by atomic mass is 16.5. The van der Waals surface area contributed by atoms with E-state index in [2.05, 4.69) is 25.5 Å². The summed E-state index contributed by atoms with van der Waals surface area (Å²) < 4.78 is 16.3. The molecule has 0 saturated carbocycles. The molecule has 2 aromatic rings. The number of morpholine rings is 1. The zero-order valence-corrected chi connectivity index (χ0v) is 14.3. The van der Waals surface area contributed by atoms with Crippen molar-refractivity contribution >= 4 is 11.8 Å². The summed E-state index contributed by atoms with van der Waals surface area (Å²) in [6.07, 6.45) is 0.877. The van der Waals surface area contributed by atoms with E-state index in [1.807, 2.05) is 13.8 Å². The number of carbonyl (C=O) groups is 1. The van der Waals surface area contributed by atoms with Gasteiger partial charge in [-0.3, -0.25) is 5.32 Å². The first-order valence-corrected chi connectivity index (χ1v) is 7.93. The van der Waals surface area contributed by atoms with Crippen LogP contribution in [0.25, 0.3) is 0 Å². The number of methoxy groups -OCH3 is 1. The number of nitrogens with zero attached hydrogens (tertiary/aromatic N) is 5. The van der Waals surface area contributed by atoms with Crippen LogP contribution in [-0.2, 0) is 4.74 Å². The van der Waals surface area contributed by atoms with Crippen LogP contribution in [0.5, 0.6) is 5.88 Å². The van der Waals surface area contributed by atoms with Crippen LogP contribution in [0, 0.1) is 0 Å². The highest BCUT2D eigenvalue weighted by Gasteiger charge is 2.29. The Morgan fingerprint density at radius 1 is 1.40 bits per heavy atom. The molecule has 3 rings (SSSR count). The third-order valence-corrected chi connectivity index (χ3v) is 3.67. The summed E-state index contributed by atoms with van der Waals surface area (Å²) in [7, 11) is 1.50. The third-order valence-electron chi connectivity index (χ3n) is 3.67. The maximum absolute atomic E-state index is 12.4. The number of ether oxygens (including phenoxy) is 2. The van der Waals surface area contributed by atoms with Crippen LogP contribution in [0.2, 0.25) is 0 Å². The second-order valence-electron chi connectivity index (χ2n) is 5.81. The van der Waals surface area contributed by atoms with Crippen molar-refractivity contribution in [2.75, 3.05) is 32.1 Å². The number of anilines is 1. The summed E-state index contributed by atoms with van der Waals surface area (Å²) in [6.45, 7) is 5.08. The number of urea groups is 1. The van der Waals surface area contributed by atoms with Gasteiger partial charge in [0.05, 0.1) is 20.3 Å². The number of hydrogen-bond donors (Lipinski definition) is 1. The van der Waals surface area contributed by atoms with Gasteiger partial charge in [-0.25, -0.2) is 14.8 Å². The highest BCUT2D eigenvalue weighted by molar-refractivity contribution is 5.88. The predicted octanol–water partition coefficient (Wildman–Crippen LogP) is 1.60. The first-order chi connectivity index (χ1) is 12.1. The summed E-state index contributed by atoms with van der Waals surface area (Å²) in [5.74, 6) is 1.80. The zero-order chi connectivity index (χ0) is 17.8. The van der Waals surface area contributed by atoms with Gasteiger partial charge in [-0.1, -0.05) is 13.8 Å². The van der Waals surface area contributed by atoms with Gasteiger partial charge < -0.3 is 18.8 Å². The molecular weight excluding hydrogens is 328 g/mol. The molecule has 1 atom stereocenters. The van der Waals surface area contributed by atoms with E-state index in [4.69, 9.17) is 13.9 Å². The van der Waals surface area contributed by atoms with Crippen LogP contribution in [0.3, 0.4) is 0 Å². The molecule has 2 aromatic heterocycles. The van der Waals surface area contributed by atoms with Gasteiger partial charge in [0, 0.05) is 18.5 Å². The van der Waals surface area contributed by atoms with Gasteiger partial charge in [0.15, 0.2) is 6.10 Å². The Morgan fingerprint density at radius 2 is 2.24 bits per heavy atom. The normalized spacial score (nSPS) is 17.6. The van der Waals surface area contributed by atoms with Crippen molar-refractivity contribution in [3.8, 4) is 5.88 Å². The van der Waals surface area contributed by atoms with Crippen molar-refractivity contribution in [3.63, 3.8) is 0 Å². The molecule has 1 fully saturated rings. The SMILES string of the molecule is COc1cc(NC(=O)N2CCO[C@H](c3nnc(C(C)C)o3)C2)ncn1. The van der Waals surface area contributed by atoms with Crippen LogP contribution < -0.4 is 10.1 Å². The largest absolute Gasteiger partial charge is 0.481 e. The average molecular weight is 348 g/mol. The molecule has 134 valence electrons. The molecule has 2 amide bonds. The van der Waals surface area contributed by atoms with E-state index in [0.29, 0.717) is 43.2 Å². The van der Waals surface area contributed by atoms with Crippen molar-refractivity contribution < 1.29 is 18.7 Å². The number of hydrogen-bond acceptors (Lipinski definition) is 8. The topological polar surface area (TPSA) is 116 Å². The van der Waals surface area contributed by atoms with Gasteiger partial charge in [0.1, 0.15) is 12.1 Å². The molecule has 1 aliphatic heterocycles. The van der Waals surface area contributed by atoms with Gasteiger partial charge in [0.2, 0.25) is 17.7 Å². The van der Waals surface area contributed by atoms with Crippen LogP contribution in [0.15, 0.2) is 16.8 Å². The van der Waals surface area contributed by atoms with Crippen LogP contribution in [0.4, 0.5) is 10.6 Å². The Morgan fingerprint density at radius 3 is 2.96 bits per heavy atom. The standard InChI is InChI=1S/C15H20N6O4/c1-9(2)13-19-20-14(25-13)10-7-21(4-5-24-10)15(22)18-11-6-12(23-3)17-8-16-11/h6,8-10H,4-5,7H2,1-3H3,(H,16,17,18,22)/t10-/m0/s1. The number of rotatable bonds is 4. The lowest BCUT2D eigenvalue weighted by Gasteiger charge is -2.31. The monoisotopic (exact) mass is 348 g/mol. The smallest absolute Gasteiger partial charge is 0.323 e. The molecule has 10 heteroatoms. The Kier molecular flexibility index (Phi) is 5.08. The number of nitrogens with one attached hydrogen (secondary N) is 1. The molecule has 0 radical (unpaired) electrons. The molecule has 0 spiro atoms. The van der Waals surface area contributed by atoms with Gasteiger partial charge in [-0.2, -0.15) is 0 Å². The molecular formula is C15H20N6O4. The van der Waals surface area contributed by atoms with Crippen molar-refractivity contribution in [3.05, 3.63) is 24.2 Å². The second-order valence-corrected chi connectivity index (χ2v) is 5.81. The van der Waals surface area contributed by atoms with Crippen molar-refractivity contribution in [1.82, 2.24) is 25.1 Å². The molecule has 25 heavy (non-hydrogen) atoms. The molecule has 0 unspecified atom stereocenters. The summed E-state index contributed by atoms with van der Waals surface area (Å²) in [6, 6.07) is 1.25.